The normalized spacial score (nSPS) is 13.2. The monoisotopic (exact) mass is 270 g/mol. The van der Waals surface area contributed by atoms with Crippen LogP contribution in [0.15, 0.2) is 54.6 Å². The van der Waals surface area contributed by atoms with E-state index in [-0.39, 0.29) is 0 Å². The maximum absolute atomic E-state index is 10.4. The zero-order chi connectivity index (χ0) is 14.6. The van der Waals surface area contributed by atoms with Gasteiger partial charge in [0.25, 0.3) is 0 Å². The molecule has 0 aromatic heterocycles. The standard InChI is InChI=1S/C18H22O2/c1-4-20-18(2,3)17(19)16-12-10-15(11-13-16)14-8-6-5-7-9-14/h5-13,17,19H,4H2,1-3H3. The molecule has 106 valence electrons. The van der Waals surface area contributed by atoms with E-state index >= 15 is 0 Å². The summed E-state index contributed by atoms with van der Waals surface area (Å²) in [6.07, 6.45) is -0.632. The Hall–Kier alpha value is -1.64. The quantitative estimate of drug-likeness (QED) is 0.882. The van der Waals surface area contributed by atoms with Crippen molar-refractivity contribution in [2.45, 2.75) is 32.5 Å². The van der Waals surface area contributed by atoms with Crippen LogP contribution >= 0.6 is 0 Å². The Morgan fingerprint density at radius 1 is 0.950 bits per heavy atom. The lowest BCUT2D eigenvalue weighted by atomic mass is 9.93. The van der Waals surface area contributed by atoms with E-state index in [0.29, 0.717) is 6.61 Å². The van der Waals surface area contributed by atoms with Crippen LogP contribution in [0.4, 0.5) is 0 Å². The van der Waals surface area contributed by atoms with Crippen molar-refractivity contribution in [2.24, 2.45) is 0 Å². The molecule has 0 aliphatic carbocycles. The number of aliphatic hydroxyl groups is 1. The van der Waals surface area contributed by atoms with Crippen molar-refractivity contribution in [3.8, 4) is 11.1 Å². The van der Waals surface area contributed by atoms with Gasteiger partial charge in [-0.2, -0.15) is 0 Å². The van der Waals surface area contributed by atoms with E-state index in [1.165, 1.54) is 5.56 Å². The fourth-order valence-corrected chi connectivity index (χ4v) is 2.34. The summed E-state index contributed by atoms with van der Waals surface area (Å²) < 4.78 is 5.61. The minimum atomic E-state index is -0.632. The summed E-state index contributed by atoms with van der Waals surface area (Å²) in [5.74, 6) is 0. The van der Waals surface area contributed by atoms with E-state index in [1.807, 2.05) is 63.2 Å². The van der Waals surface area contributed by atoms with Crippen LogP contribution < -0.4 is 0 Å². The number of aliphatic hydroxyl groups excluding tert-OH is 1. The highest BCUT2D eigenvalue weighted by atomic mass is 16.5. The predicted molar refractivity (Wildman–Crippen MR) is 82.5 cm³/mol. The number of hydrogen-bond acceptors (Lipinski definition) is 2. The topological polar surface area (TPSA) is 29.5 Å². The van der Waals surface area contributed by atoms with E-state index < -0.39 is 11.7 Å². The lowest BCUT2D eigenvalue weighted by Gasteiger charge is -2.30. The molecule has 2 aromatic rings. The van der Waals surface area contributed by atoms with E-state index in [1.54, 1.807) is 0 Å². The van der Waals surface area contributed by atoms with Crippen molar-refractivity contribution in [1.29, 1.82) is 0 Å². The highest BCUT2D eigenvalue weighted by Gasteiger charge is 2.29. The van der Waals surface area contributed by atoms with Gasteiger partial charge in [-0.1, -0.05) is 54.6 Å². The van der Waals surface area contributed by atoms with Crippen molar-refractivity contribution in [2.75, 3.05) is 6.61 Å². The molecule has 0 aliphatic heterocycles. The number of benzene rings is 2. The van der Waals surface area contributed by atoms with Crippen LogP contribution in [0.1, 0.15) is 32.4 Å². The molecule has 0 radical (unpaired) electrons. The summed E-state index contributed by atoms with van der Waals surface area (Å²) in [5, 5.41) is 10.4. The summed E-state index contributed by atoms with van der Waals surface area (Å²) in [5.41, 5.74) is 2.62. The van der Waals surface area contributed by atoms with Gasteiger partial charge in [0.15, 0.2) is 0 Å². The first kappa shape index (κ1) is 14.8. The number of hydrogen-bond donors (Lipinski definition) is 1. The van der Waals surface area contributed by atoms with Gasteiger partial charge in [-0.3, -0.25) is 0 Å². The van der Waals surface area contributed by atoms with Gasteiger partial charge in [0.2, 0.25) is 0 Å². The molecule has 0 amide bonds. The fraction of sp³-hybridized carbons (Fsp3) is 0.333. The third-order valence-electron chi connectivity index (χ3n) is 3.51. The molecular weight excluding hydrogens is 248 g/mol. The van der Waals surface area contributed by atoms with Crippen LogP contribution in [0.5, 0.6) is 0 Å². The molecule has 1 unspecified atom stereocenters. The second-order valence-electron chi connectivity index (χ2n) is 5.43. The van der Waals surface area contributed by atoms with E-state index in [2.05, 4.69) is 12.1 Å². The van der Waals surface area contributed by atoms with Gasteiger partial charge >= 0.3 is 0 Å². The lowest BCUT2D eigenvalue weighted by Crippen LogP contribution is -2.32. The molecule has 2 rings (SSSR count). The molecular formula is C18H22O2. The van der Waals surface area contributed by atoms with Gasteiger partial charge in [0.05, 0.1) is 5.60 Å². The molecule has 0 spiro atoms. The van der Waals surface area contributed by atoms with Gasteiger partial charge in [-0.25, -0.2) is 0 Å². The Labute approximate surface area is 121 Å². The number of ether oxygens (including phenoxy) is 1. The van der Waals surface area contributed by atoms with Crippen LogP contribution in [0, 0.1) is 0 Å². The molecule has 0 fully saturated rings. The van der Waals surface area contributed by atoms with Gasteiger partial charge in [-0.15, -0.1) is 0 Å². The summed E-state index contributed by atoms with van der Waals surface area (Å²) >= 11 is 0. The molecule has 20 heavy (non-hydrogen) atoms. The van der Waals surface area contributed by atoms with Crippen molar-refractivity contribution in [1.82, 2.24) is 0 Å². The Bertz CT molecular complexity index is 529. The Kier molecular flexibility index (Phi) is 4.58. The molecule has 0 aliphatic rings. The minimum Gasteiger partial charge on any atom is -0.385 e. The second-order valence-corrected chi connectivity index (χ2v) is 5.43. The van der Waals surface area contributed by atoms with Crippen LogP contribution in [-0.2, 0) is 4.74 Å². The second kappa shape index (κ2) is 6.21. The van der Waals surface area contributed by atoms with Gasteiger partial charge in [0, 0.05) is 6.61 Å². The maximum Gasteiger partial charge on any atom is 0.107 e. The Balaban J connectivity index is 2.20. The van der Waals surface area contributed by atoms with Crippen molar-refractivity contribution < 1.29 is 9.84 Å². The summed E-state index contributed by atoms with van der Waals surface area (Å²) in [6.45, 7) is 6.34. The third-order valence-corrected chi connectivity index (χ3v) is 3.51. The average Bonchev–Trinajstić information content (AvgIpc) is 2.47. The fourth-order valence-electron chi connectivity index (χ4n) is 2.34. The molecule has 1 atom stereocenters. The Morgan fingerprint density at radius 3 is 2.05 bits per heavy atom. The molecule has 2 aromatic carbocycles. The van der Waals surface area contributed by atoms with Gasteiger partial charge < -0.3 is 9.84 Å². The summed E-state index contributed by atoms with van der Waals surface area (Å²) in [6, 6.07) is 18.2. The molecule has 0 saturated heterocycles. The smallest absolute Gasteiger partial charge is 0.107 e. The van der Waals surface area contributed by atoms with Crippen molar-refractivity contribution in [3.63, 3.8) is 0 Å². The highest BCUT2D eigenvalue weighted by molar-refractivity contribution is 5.63. The lowest BCUT2D eigenvalue weighted by molar-refractivity contribution is -0.0983. The van der Waals surface area contributed by atoms with Crippen LogP contribution in [0.3, 0.4) is 0 Å². The first-order chi connectivity index (χ1) is 9.54. The van der Waals surface area contributed by atoms with Crippen LogP contribution in [-0.4, -0.2) is 17.3 Å². The van der Waals surface area contributed by atoms with Crippen LogP contribution in [0.2, 0.25) is 0 Å². The molecule has 1 N–H and O–H groups in total. The van der Waals surface area contributed by atoms with Crippen molar-refractivity contribution >= 4 is 0 Å². The summed E-state index contributed by atoms with van der Waals surface area (Å²) in [4.78, 5) is 0. The van der Waals surface area contributed by atoms with E-state index in [0.717, 1.165) is 11.1 Å². The van der Waals surface area contributed by atoms with E-state index in [4.69, 9.17) is 4.74 Å². The minimum absolute atomic E-state index is 0.580. The zero-order valence-corrected chi connectivity index (χ0v) is 12.3. The highest BCUT2D eigenvalue weighted by Crippen LogP contribution is 2.30. The summed E-state index contributed by atoms with van der Waals surface area (Å²) in [7, 11) is 0. The zero-order valence-electron chi connectivity index (χ0n) is 12.3. The molecule has 0 heterocycles. The van der Waals surface area contributed by atoms with Gasteiger partial charge in [0.1, 0.15) is 6.10 Å². The van der Waals surface area contributed by atoms with Crippen molar-refractivity contribution in [3.05, 3.63) is 60.2 Å². The van der Waals surface area contributed by atoms with Crippen LogP contribution in [0.25, 0.3) is 11.1 Å². The number of rotatable bonds is 5. The largest absolute Gasteiger partial charge is 0.385 e. The molecule has 2 nitrogen and oxygen atoms in total. The van der Waals surface area contributed by atoms with Gasteiger partial charge in [-0.05, 0) is 37.5 Å². The molecule has 0 saturated carbocycles. The SMILES string of the molecule is CCOC(C)(C)C(O)c1ccc(-c2ccccc2)cc1. The maximum atomic E-state index is 10.4. The average molecular weight is 270 g/mol. The first-order valence-corrected chi connectivity index (χ1v) is 7.02. The van der Waals surface area contributed by atoms with E-state index in [9.17, 15) is 5.11 Å². The molecule has 0 bridgehead atoms. The Morgan fingerprint density at radius 2 is 1.50 bits per heavy atom. The first-order valence-electron chi connectivity index (χ1n) is 7.02. The molecule has 2 heteroatoms. The third kappa shape index (κ3) is 3.27. The predicted octanol–water partition coefficient (Wildman–Crippen LogP) is 4.20.